The molecule has 3 amide bonds. The van der Waals surface area contributed by atoms with Gasteiger partial charge in [-0.3, -0.25) is 4.79 Å². The maximum atomic E-state index is 11.8. The molecule has 0 aliphatic heterocycles. The summed E-state index contributed by atoms with van der Waals surface area (Å²) in [5, 5.41) is 8.61. The van der Waals surface area contributed by atoms with Crippen molar-refractivity contribution in [1.82, 2.24) is 10.6 Å². The Morgan fingerprint density at radius 2 is 1.96 bits per heavy atom. The molecule has 5 nitrogen and oxygen atoms in total. The minimum atomic E-state index is -0.373. The summed E-state index contributed by atoms with van der Waals surface area (Å²) in [7, 11) is 0. The second kappa shape index (κ2) is 10.2. The highest BCUT2D eigenvalue weighted by atomic mass is 32.2. The normalized spacial score (nSPS) is 11.7. The molecular formula is C17H27N3O2S. The van der Waals surface area contributed by atoms with Crippen molar-refractivity contribution in [2.75, 3.05) is 18.4 Å². The van der Waals surface area contributed by atoms with Gasteiger partial charge in [0.15, 0.2) is 0 Å². The average molecular weight is 337 g/mol. The van der Waals surface area contributed by atoms with Crippen LogP contribution in [-0.2, 0) is 4.79 Å². The third kappa shape index (κ3) is 7.41. The summed E-state index contributed by atoms with van der Waals surface area (Å²) in [4.78, 5) is 24.5. The van der Waals surface area contributed by atoms with Crippen LogP contribution in [0.25, 0.3) is 0 Å². The molecule has 128 valence electrons. The van der Waals surface area contributed by atoms with Crippen molar-refractivity contribution in [3.63, 3.8) is 0 Å². The predicted octanol–water partition coefficient (Wildman–Crippen LogP) is 3.53. The van der Waals surface area contributed by atoms with Crippen LogP contribution < -0.4 is 16.0 Å². The van der Waals surface area contributed by atoms with Gasteiger partial charge in [-0.15, -0.1) is 11.8 Å². The quantitative estimate of drug-likeness (QED) is 0.636. The van der Waals surface area contributed by atoms with Gasteiger partial charge in [0.2, 0.25) is 5.91 Å². The van der Waals surface area contributed by atoms with E-state index in [4.69, 9.17) is 0 Å². The van der Waals surface area contributed by atoms with Crippen LogP contribution in [0.5, 0.6) is 0 Å². The first kappa shape index (κ1) is 19.4. The average Bonchev–Trinajstić information content (AvgIpc) is 2.53. The summed E-state index contributed by atoms with van der Waals surface area (Å²) in [6.45, 7) is 8.91. The SMILES string of the molecule is CCCNC(=O)CNC(=O)Nc1ccc(SC(C)CC)cc1C. The van der Waals surface area contributed by atoms with Gasteiger partial charge in [-0.2, -0.15) is 0 Å². The Hall–Kier alpha value is -1.69. The number of benzene rings is 1. The van der Waals surface area contributed by atoms with E-state index in [1.807, 2.05) is 37.7 Å². The molecule has 23 heavy (non-hydrogen) atoms. The molecule has 0 radical (unpaired) electrons. The number of hydrogen-bond acceptors (Lipinski definition) is 3. The van der Waals surface area contributed by atoms with Crippen LogP contribution in [0.4, 0.5) is 10.5 Å². The fourth-order valence-electron chi connectivity index (χ4n) is 1.82. The number of amides is 3. The van der Waals surface area contributed by atoms with E-state index in [1.165, 1.54) is 4.90 Å². The first-order valence-electron chi connectivity index (χ1n) is 8.05. The smallest absolute Gasteiger partial charge is 0.319 e. The van der Waals surface area contributed by atoms with E-state index in [0.29, 0.717) is 11.8 Å². The van der Waals surface area contributed by atoms with Gasteiger partial charge in [-0.25, -0.2) is 4.79 Å². The van der Waals surface area contributed by atoms with Gasteiger partial charge in [0.1, 0.15) is 0 Å². The maximum absolute atomic E-state index is 11.8. The molecule has 3 N–H and O–H groups in total. The summed E-state index contributed by atoms with van der Waals surface area (Å²) < 4.78 is 0. The molecule has 1 aromatic carbocycles. The zero-order valence-corrected chi connectivity index (χ0v) is 15.2. The Morgan fingerprint density at radius 1 is 1.22 bits per heavy atom. The molecule has 1 unspecified atom stereocenters. The number of carbonyl (C=O) groups is 2. The van der Waals surface area contributed by atoms with Gasteiger partial charge < -0.3 is 16.0 Å². The van der Waals surface area contributed by atoms with Crippen LogP contribution in [0.3, 0.4) is 0 Å². The summed E-state index contributed by atoms with van der Waals surface area (Å²) in [6.07, 6.45) is 1.99. The lowest BCUT2D eigenvalue weighted by Gasteiger charge is -2.13. The molecule has 0 heterocycles. The van der Waals surface area contributed by atoms with Gasteiger partial charge in [-0.05, 0) is 43.5 Å². The summed E-state index contributed by atoms with van der Waals surface area (Å²) >= 11 is 1.83. The zero-order chi connectivity index (χ0) is 17.2. The van der Waals surface area contributed by atoms with Gasteiger partial charge in [-0.1, -0.05) is 20.8 Å². The number of carbonyl (C=O) groups excluding carboxylic acids is 2. The van der Waals surface area contributed by atoms with Crippen molar-refractivity contribution in [2.24, 2.45) is 0 Å². The standard InChI is InChI=1S/C17H27N3O2S/c1-5-9-18-16(21)11-19-17(22)20-15-8-7-14(10-12(15)3)23-13(4)6-2/h7-8,10,13H,5-6,9,11H2,1-4H3,(H,18,21)(H2,19,20,22). The Balaban J connectivity index is 2.50. The maximum Gasteiger partial charge on any atom is 0.319 e. The van der Waals surface area contributed by atoms with Gasteiger partial charge >= 0.3 is 6.03 Å². The van der Waals surface area contributed by atoms with Crippen molar-refractivity contribution in [2.45, 2.75) is 50.7 Å². The molecule has 0 saturated carbocycles. The molecular weight excluding hydrogens is 310 g/mol. The lowest BCUT2D eigenvalue weighted by atomic mass is 10.2. The Labute approximate surface area is 143 Å². The number of nitrogens with one attached hydrogen (secondary N) is 3. The molecule has 0 aliphatic rings. The Bertz CT molecular complexity index is 535. The van der Waals surface area contributed by atoms with E-state index in [9.17, 15) is 9.59 Å². The summed E-state index contributed by atoms with van der Waals surface area (Å²) in [5.41, 5.74) is 1.76. The lowest BCUT2D eigenvalue weighted by Crippen LogP contribution is -2.39. The van der Waals surface area contributed by atoms with Crippen molar-refractivity contribution in [3.8, 4) is 0 Å². The highest BCUT2D eigenvalue weighted by molar-refractivity contribution is 7.99. The number of aryl methyl sites for hydroxylation is 1. The highest BCUT2D eigenvalue weighted by Gasteiger charge is 2.08. The second-order valence-corrected chi connectivity index (χ2v) is 6.98. The molecule has 0 aliphatic carbocycles. The number of thioether (sulfide) groups is 1. The Kier molecular flexibility index (Phi) is 8.55. The van der Waals surface area contributed by atoms with Crippen LogP contribution in [0, 0.1) is 6.92 Å². The van der Waals surface area contributed by atoms with Gasteiger partial charge in [0.25, 0.3) is 0 Å². The lowest BCUT2D eigenvalue weighted by molar-refractivity contribution is -0.120. The second-order valence-electron chi connectivity index (χ2n) is 5.47. The van der Waals surface area contributed by atoms with Crippen LogP contribution in [0.15, 0.2) is 23.1 Å². The number of rotatable bonds is 8. The predicted molar refractivity (Wildman–Crippen MR) is 97.1 cm³/mol. The van der Waals surface area contributed by atoms with E-state index in [1.54, 1.807) is 0 Å². The van der Waals surface area contributed by atoms with Crippen LogP contribution in [0.1, 0.15) is 39.2 Å². The van der Waals surface area contributed by atoms with E-state index in [2.05, 4.69) is 35.9 Å². The van der Waals surface area contributed by atoms with Crippen molar-refractivity contribution in [1.29, 1.82) is 0 Å². The van der Waals surface area contributed by atoms with Crippen LogP contribution in [-0.4, -0.2) is 30.3 Å². The summed E-state index contributed by atoms with van der Waals surface area (Å²) in [5.74, 6) is -0.181. The number of anilines is 1. The van der Waals surface area contributed by atoms with Crippen molar-refractivity contribution >= 4 is 29.4 Å². The van der Waals surface area contributed by atoms with Crippen molar-refractivity contribution in [3.05, 3.63) is 23.8 Å². The third-order valence-corrected chi connectivity index (χ3v) is 4.60. The topological polar surface area (TPSA) is 70.2 Å². The van der Waals surface area contributed by atoms with Crippen molar-refractivity contribution < 1.29 is 9.59 Å². The molecule has 0 saturated heterocycles. The summed E-state index contributed by atoms with van der Waals surface area (Å²) in [6, 6.07) is 5.60. The molecule has 1 aromatic rings. The van der Waals surface area contributed by atoms with Gasteiger partial charge in [0, 0.05) is 22.4 Å². The van der Waals surface area contributed by atoms with E-state index >= 15 is 0 Å². The number of urea groups is 1. The monoisotopic (exact) mass is 337 g/mol. The molecule has 0 aromatic heterocycles. The van der Waals surface area contributed by atoms with E-state index in [-0.39, 0.29) is 18.5 Å². The largest absolute Gasteiger partial charge is 0.355 e. The van der Waals surface area contributed by atoms with Crippen LogP contribution >= 0.6 is 11.8 Å². The van der Waals surface area contributed by atoms with Gasteiger partial charge in [0.05, 0.1) is 6.54 Å². The van der Waals surface area contributed by atoms with Crippen LogP contribution in [0.2, 0.25) is 0 Å². The first-order chi connectivity index (χ1) is 11.0. The van der Waals surface area contributed by atoms with E-state index < -0.39 is 0 Å². The molecule has 0 spiro atoms. The zero-order valence-electron chi connectivity index (χ0n) is 14.4. The number of hydrogen-bond donors (Lipinski definition) is 3. The molecule has 0 bridgehead atoms. The van der Waals surface area contributed by atoms with E-state index in [0.717, 1.165) is 24.1 Å². The minimum absolute atomic E-state index is 0.0210. The highest BCUT2D eigenvalue weighted by Crippen LogP contribution is 2.28. The minimum Gasteiger partial charge on any atom is -0.355 e. The fourth-order valence-corrected chi connectivity index (χ4v) is 2.84. The Morgan fingerprint density at radius 3 is 2.57 bits per heavy atom. The molecule has 1 atom stereocenters. The third-order valence-electron chi connectivity index (χ3n) is 3.34. The molecule has 0 fully saturated rings. The first-order valence-corrected chi connectivity index (χ1v) is 8.93. The molecule has 1 rings (SSSR count). The fraction of sp³-hybridized carbons (Fsp3) is 0.529. The molecule has 6 heteroatoms.